The molecular weight excluding hydrogens is 259 g/mol. The van der Waals surface area contributed by atoms with E-state index in [2.05, 4.69) is 11.3 Å². The van der Waals surface area contributed by atoms with Crippen LogP contribution in [0.3, 0.4) is 0 Å². The monoisotopic (exact) mass is 275 g/mol. The highest BCUT2D eigenvalue weighted by molar-refractivity contribution is 6.31. The van der Waals surface area contributed by atoms with Gasteiger partial charge in [0.1, 0.15) is 5.60 Å². The Hall–Kier alpha value is -0.320. The second-order valence-corrected chi connectivity index (χ2v) is 5.82. The molecule has 94 valence electrons. The minimum atomic E-state index is -0.999. The van der Waals surface area contributed by atoms with Gasteiger partial charge in [-0.1, -0.05) is 29.8 Å². The lowest BCUT2D eigenvalue weighted by molar-refractivity contribution is -0.447. The number of hydrogen-bond donors (Lipinski definition) is 3. The third kappa shape index (κ3) is 2.59. The predicted octanol–water partition coefficient (Wildman–Crippen LogP) is 1.13. The largest absolute Gasteiger partial charge is 0.386 e. The number of benzene rings is 1. The lowest BCUT2D eigenvalue weighted by Crippen LogP contribution is -2.70. The van der Waals surface area contributed by atoms with Gasteiger partial charge in [0.2, 0.25) is 0 Å². The van der Waals surface area contributed by atoms with Gasteiger partial charge in [0, 0.05) is 11.4 Å². The summed E-state index contributed by atoms with van der Waals surface area (Å²) in [6, 6.07) is 7.52. The van der Waals surface area contributed by atoms with Crippen molar-refractivity contribution < 1.29 is 10.9 Å². The molecule has 1 atom stereocenters. The summed E-state index contributed by atoms with van der Waals surface area (Å²) in [6.07, 6.45) is 2.10. The van der Waals surface area contributed by atoms with E-state index in [9.17, 15) is 5.11 Å². The Labute approximate surface area is 111 Å². The van der Waals surface area contributed by atoms with E-state index >= 15 is 0 Å². The number of rotatable bonds is 5. The molecule has 1 unspecified atom stereocenters. The van der Waals surface area contributed by atoms with Gasteiger partial charge in [0.15, 0.2) is 0 Å². The van der Waals surface area contributed by atoms with Gasteiger partial charge in [0.25, 0.3) is 0 Å². The van der Waals surface area contributed by atoms with Gasteiger partial charge < -0.3 is 5.11 Å². The molecule has 3 nitrogen and oxygen atoms in total. The van der Waals surface area contributed by atoms with Gasteiger partial charge in [0.05, 0.1) is 11.4 Å². The van der Waals surface area contributed by atoms with Crippen LogP contribution in [0.2, 0.25) is 5.02 Å². The molecule has 17 heavy (non-hydrogen) atoms. The zero-order valence-corrected chi connectivity index (χ0v) is 11.1. The first-order valence-corrected chi connectivity index (χ1v) is 6.41. The molecule has 0 aliphatic heterocycles. The molecule has 0 spiro atoms. The number of nitrogens with one attached hydrogen (secondary N) is 1. The zero-order chi connectivity index (χ0) is 12.5. The third-order valence-corrected chi connectivity index (χ3v) is 4.48. The van der Waals surface area contributed by atoms with Gasteiger partial charge in [-0.05, 0) is 24.5 Å². The summed E-state index contributed by atoms with van der Waals surface area (Å²) in [5, 5.41) is 11.4. The summed E-state index contributed by atoms with van der Waals surface area (Å²) >= 11 is 12.5. The number of hydrogen-bond acceptors (Lipinski definition) is 2. The predicted molar refractivity (Wildman–Crippen MR) is 68.8 cm³/mol. The van der Waals surface area contributed by atoms with E-state index in [4.69, 9.17) is 23.2 Å². The Morgan fingerprint density at radius 1 is 1.41 bits per heavy atom. The van der Waals surface area contributed by atoms with Gasteiger partial charge in [-0.15, -0.1) is 11.6 Å². The average Bonchev–Trinajstić information content (AvgIpc) is 3.02. The summed E-state index contributed by atoms with van der Waals surface area (Å²) < 4.78 is 0. The summed E-state index contributed by atoms with van der Waals surface area (Å²) in [7, 11) is 0. The Morgan fingerprint density at radius 3 is 2.59 bits per heavy atom. The van der Waals surface area contributed by atoms with Gasteiger partial charge >= 0.3 is 0 Å². The normalized spacial score (nSPS) is 20.9. The van der Waals surface area contributed by atoms with Crippen molar-refractivity contribution in [1.29, 1.82) is 0 Å². The quantitative estimate of drug-likeness (QED) is 0.558. The van der Waals surface area contributed by atoms with E-state index in [1.54, 1.807) is 0 Å². The van der Waals surface area contributed by atoms with Crippen molar-refractivity contribution in [3.05, 3.63) is 34.9 Å². The molecule has 1 aliphatic rings. The molecular formula is C12H17Cl2N2O+. The fraction of sp³-hybridized carbons (Fsp3) is 0.500. The Balaban J connectivity index is 2.22. The fourth-order valence-corrected chi connectivity index (χ4v) is 2.55. The highest BCUT2D eigenvalue weighted by Gasteiger charge is 2.57. The standard InChI is InChI=1S/C12H16Cl2N2O/c13-10-4-2-1-3-9(10)7-12(17,8-16-15)11(14)5-6-11/h1-4,16-17H,5-8,15H2/p+1. The topological polar surface area (TPSA) is 59.9 Å². The van der Waals surface area contributed by atoms with E-state index in [-0.39, 0.29) is 0 Å². The van der Waals surface area contributed by atoms with Crippen LogP contribution < -0.4 is 11.3 Å². The van der Waals surface area contributed by atoms with Crippen LogP contribution in [0.15, 0.2) is 24.3 Å². The summed E-state index contributed by atoms with van der Waals surface area (Å²) in [6.45, 7) is 0.363. The number of halogens is 2. The molecule has 1 aromatic rings. The molecule has 1 aromatic carbocycles. The smallest absolute Gasteiger partial charge is 0.105 e. The minimum absolute atomic E-state index is 0.363. The second kappa shape index (κ2) is 4.75. The summed E-state index contributed by atoms with van der Waals surface area (Å²) in [5.41, 5.74) is 2.68. The Bertz CT molecular complexity index is 409. The zero-order valence-electron chi connectivity index (χ0n) is 9.55. The maximum atomic E-state index is 10.7. The fourth-order valence-electron chi connectivity index (χ4n) is 2.12. The number of alkyl halides is 1. The van der Waals surface area contributed by atoms with Gasteiger partial charge in [-0.2, -0.15) is 5.43 Å². The molecule has 2 rings (SSSR count). The third-order valence-electron chi connectivity index (χ3n) is 3.38. The van der Waals surface area contributed by atoms with E-state index in [1.165, 1.54) is 0 Å². The van der Waals surface area contributed by atoms with E-state index < -0.39 is 10.5 Å². The average molecular weight is 276 g/mol. The molecule has 1 saturated carbocycles. The van der Waals surface area contributed by atoms with Crippen molar-refractivity contribution in [2.75, 3.05) is 6.54 Å². The van der Waals surface area contributed by atoms with Crippen LogP contribution in [-0.4, -0.2) is 22.1 Å². The minimum Gasteiger partial charge on any atom is -0.386 e. The highest BCUT2D eigenvalue weighted by Crippen LogP contribution is 2.52. The maximum absolute atomic E-state index is 10.7. The second-order valence-electron chi connectivity index (χ2n) is 4.69. The molecule has 5 N–H and O–H groups in total. The summed E-state index contributed by atoms with van der Waals surface area (Å²) in [4.78, 5) is -0.531. The van der Waals surface area contributed by atoms with Crippen LogP contribution >= 0.6 is 23.2 Å². The van der Waals surface area contributed by atoms with Crippen molar-refractivity contribution in [1.82, 2.24) is 5.43 Å². The van der Waals surface area contributed by atoms with E-state index in [1.807, 2.05) is 24.3 Å². The van der Waals surface area contributed by atoms with Crippen molar-refractivity contribution in [2.45, 2.75) is 29.7 Å². The first-order valence-electron chi connectivity index (χ1n) is 5.65. The maximum Gasteiger partial charge on any atom is 0.105 e. The molecule has 0 aromatic heterocycles. The first-order chi connectivity index (χ1) is 8.01. The van der Waals surface area contributed by atoms with E-state index in [0.717, 1.165) is 18.4 Å². The van der Waals surface area contributed by atoms with Crippen LogP contribution in [-0.2, 0) is 6.42 Å². The molecule has 0 bridgehead atoms. The van der Waals surface area contributed by atoms with Gasteiger partial charge in [-0.25, -0.2) is 0 Å². The van der Waals surface area contributed by atoms with Crippen LogP contribution in [0, 0.1) is 0 Å². The molecule has 1 aliphatic carbocycles. The lowest BCUT2D eigenvalue weighted by Gasteiger charge is -2.32. The van der Waals surface area contributed by atoms with Crippen molar-refractivity contribution >= 4 is 23.2 Å². The summed E-state index contributed by atoms with van der Waals surface area (Å²) in [5.74, 6) is 3.57. The van der Waals surface area contributed by atoms with Crippen LogP contribution in [0.25, 0.3) is 0 Å². The SMILES string of the molecule is [NH3+]NCC(O)(Cc1ccccc1Cl)C1(Cl)CC1. The molecule has 0 amide bonds. The van der Waals surface area contributed by atoms with E-state index in [0.29, 0.717) is 18.0 Å². The number of quaternary nitrogens is 1. The van der Waals surface area contributed by atoms with Crippen LogP contribution in [0.4, 0.5) is 0 Å². The van der Waals surface area contributed by atoms with Crippen molar-refractivity contribution in [3.8, 4) is 0 Å². The molecule has 1 fully saturated rings. The molecule has 0 radical (unpaired) electrons. The molecule has 0 heterocycles. The molecule has 5 heteroatoms. The van der Waals surface area contributed by atoms with Crippen molar-refractivity contribution in [3.63, 3.8) is 0 Å². The molecule has 0 saturated heterocycles. The van der Waals surface area contributed by atoms with Crippen LogP contribution in [0.5, 0.6) is 0 Å². The Kier molecular flexibility index (Phi) is 3.66. The Morgan fingerprint density at radius 2 is 2.06 bits per heavy atom. The van der Waals surface area contributed by atoms with Gasteiger partial charge in [-0.3, -0.25) is 5.84 Å². The van der Waals surface area contributed by atoms with Crippen molar-refractivity contribution in [2.24, 2.45) is 0 Å². The van der Waals surface area contributed by atoms with Crippen LogP contribution in [0.1, 0.15) is 18.4 Å². The lowest BCUT2D eigenvalue weighted by atomic mass is 9.89. The first kappa shape index (κ1) is 13.1. The highest BCUT2D eigenvalue weighted by atomic mass is 35.5. The number of aliphatic hydroxyl groups is 1.